The minimum atomic E-state index is -2.17. The van der Waals surface area contributed by atoms with Gasteiger partial charge in [0.1, 0.15) is 11.5 Å². The molecular weight excluding hydrogens is 482 g/mol. The lowest BCUT2D eigenvalue weighted by molar-refractivity contribution is -0.157. The molecule has 37 heavy (non-hydrogen) atoms. The Morgan fingerprint density at radius 1 is 0.730 bits per heavy atom. The SMILES string of the molecule is COc1cccc(C(=O)O[C@H](C(=O)Nc2ccccc2C)[C@@H](OC(=O)c2cccc(OC)c2)C(=O)O)c1. The lowest BCUT2D eigenvalue weighted by Gasteiger charge is -2.24. The molecular formula is C27H25NO9. The largest absolute Gasteiger partial charge is 0.497 e. The van der Waals surface area contributed by atoms with Crippen LogP contribution in [0.2, 0.25) is 0 Å². The summed E-state index contributed by atoms with van der Waals surface area (Å²) >= 11 is 0. The Bertz CT molecular complexity index is 1300. The molecule has 192 valence electrons. The van der Waals surface area contributed by atoms with Gasteiger partial charge in [-0.1, -0.05) is 30.3 Å². The van der Waals surface area contributed by atoms with Crippen LogP contribution in [-0.2, 0) is 19.1 Å². The first-order chi connectivity index (χ1) is 17.7. The number of carboxylic acids is 1. The van der Waals surface area contributed by atoms with Crippen molar-refractivity contribution in [2.45, 2.75) is 19.1 Å². The fourth-order valence-electron chi connectivity index (χ4n) is 3.28. The number of amides is 1. The zero-order chi connectivity index (χ0) is 26.9. The van der Waals surface area contributed by atoms with Crippen LogP contribution in [0.5, 0.6) is 11.5 Å². The number of hydrogen-bond acceptors (Lipinski definition) is 8. The van der Waals surface area contributed by atoms with E-state index in [9.17, 15) is 24.3 Å². The molecule has 1 amide bonds. The number of carbonyl (C=O) groups excluding carboxylic acids is 3. The Morgan fingerprint density at radius 3 is 1.73 bits per heavy atom. The normalized spacial score (nSPS) is 12.0. The molecule has 0 radical (unpaired) electrons. The van der Waals surface area contributed by atoms with Crippen LogP contribution in [0, 0.1) is 6.92 Å². The highest BCUT2D eigenvalue weighted by Gasteiger charge is 2.41. The van der Waals surface area contributed by atoms with Crippen LogP contribution in [0.15, 0.2) is 72.8 Å². The van der Waals surface area contributed by atoms with Crippen LogP contribution in [0.3, 0.4) is 0 Å². The zero-order valence-electron chi connectivity index (χ0n) is 20.3. The van der Waals surface area contributed by atoms with Crippen molar-refractivity contribution < 1.29 is 43.2 Å². The Kier molecular flexibility index (Phi) is 8.82. The maximum atomic E-state index is 13.2. The Morgan fingerprint density at radius 2 is 1.24 bits per heavy atom. The van der Waals surface area contributed by atoms with Crippen molar-refractivity contribution >= 4 is 29.5 Å². The number of aliphatic carboxylic acids is 1. The van der Waals surface area contributed by atoms with Crippen molar-refractivity contribution in [3.63, 3.8) is 0 Å². The molecule has 0 saturated carbocycles. The second-order valence-electron chi connectivity index (χ2n) is 7.76. The van der Waals surface area contributed by atoms with E-state index >= 15 is 0 Å². The molecule has 2 N–H and O–H groups in total. The van der Waals surface area contributed by atoms with Crippen LogP contribution in [0.4, 0.5) is 5.69 Å². The third kappa shape index (κ3) is 6.85. The zero-order valence-corrected chi connectivity index (χ0v) is 20.3. The number of carboxylic acid groups (broad SMARTS) is 1. The molecule has 0 aliphatic heterocycles. The van der Waals surface area contributed by atoms with E-state index in [-0.39, 0.29) is 11.1 Å². The van der Waals surface area contributed by atoms with E-state index in [1.807, 2.05) is 0 Å². The van der Waals surface area contributed by atoms with Gasteiger partial charge in [0.2, 0.25) is 12.2 Å². The molecule has 2 atom stereocenters. The number of aryl methyl sites for hydroxylation is 1. The molecule has 10 nitrogen and oxygen atoms in total. The van der Waals surface area contributed by atoms with Crippen molar-refractivity contribution in [1.82, 2.24) is 0 Å². The minimum absolute atomic E-state index is 0.00342. The summed E-state index contributed by atoms with van der Waals surface area (Å²) in [6, 6.07) is 18.4. The molecule has 0 aromatic heterocycles. The number of methoxy groups -OCH3 is 2. The average molecular weight is 507 g/mol. The van der Waals surface area contributed by atoms with E-state index in [4.69, 9.17) is 18.9 Å². The maximum Gasteiger partial charge on any atom is 0.349 e. The number of ether oxygens (including phenoxy) is 4. The predicted octanol–water partition coefficient (Wildman–Crippen LogP) is 3.49. The van der Waals surface area contributed by atoms with E-state index in [0.717, 1.165) is 0 Å². The summed E-state index contributed by atoms with van der Waals surface area (Å²) in [5, 5.41) is 12.4. The van der Waals surface area contributed by atoms with Gasteiger partial charge in [-0.05, 0) is 55.0 Å². The molecule has 10 heteroatoms. The van der Waals surface area contributed by atoms with Crippen molar-refractivity contribution in [1.29, 1.82) is 0 Å². The third-order valence-electron chi connectivity index (χ3n) is 5.26. The first kappa shape index (κ1) is 26.7. The maximum absolute atomic E-state index is 13.2. The first-order valence-corrected chi connectivity index (χ1v) is 11.0. The molecule has 0 bridgehead atoms. The van der Waals surface area contributed by atoms with Crippen molar-refractivity contribution in [2.24, 2.45) is 0 Å². The second-order valence-corrected chi connectivity index (χ2v) is 7.76. The van der Waals surface area contributed by atoms with Crippen molar-refractivity contribution in [3.05, 3.63) is 89.5 Å². The van der Waals surface area contributed by atoms with Gasteiger partial charge < -0.3 is 29.4 Å². The summed E-state index contributed by atoms with van der Waals surface area (Å²) in [5.74, 6) is -4.10. The Labute approximate surface area is 212 Å². The van der Waals surface area contributed by atoms with E-state index in [2.05, 4.69) is 5.32 Å². The molecule has 0 aliphatic carbocycles. The summed E-state index contributed by atoms with van der Waals surface area (Å²) in [7, 11) is 2.80. The van der Waals surface area contributed by atoms with Crippen molar-refractivity contribution in [2.75, 3.05) is 19.5 Å². The first-order valence-electron chi connectivity index (χ1n) is 11.0. The predicted molar refractivity (Wildman–Crippen MR) is 132 cm³/mol. The molecule has 0 unspecified atom stereocenters. The van der Waals surface area contributed by atoms with Gasteiger partial charge in [0.25, 0.3) is 5.91 Å². The van der Waals surface area contributed by atoms with E-state index < -0.39 is 36.0 Å². The second kappa shape index (κ2) is 12.2. The van der Waals surface area contributed by atoms with Gasteiger partial charge in [-0.2, -0.15) is 0 Å². The number of benzene rings is 3. The molecule has 3 rings (SSSR count). The van der Waals surface area contributed by atoms with Crippen LogP contribution in [-0.4, -0.2) is 55.3 Å². The number of hydrogen-bond donors (Lipinski definition) is 2. The summed E-state index contributed by atoms with van der Waals surface area (Å²) < 4.78 is 20.7. The Balaban J connectivity index is 1.94. The van der Waals surface area contributed by atoms with Crippen LogP contribution >= 0.6 is 0 Å². The van der Waals surface area contributed by atoms with Gasteiger partial charge in [0, 0.05) is 5.69 Å². The highest BCUT2D eigenvalue weighted by atomic mass is 16.6. The van der Waals surface area contributed by atoms with Gasteiger partial charge in [0.05, 0.1) is 25.3 Å². The molecule has 0 heterocycles. The van der Waals surface area contributed by atoms with E-state index in [1.54, 1.807) is 43.3 Å². The quantitative estimate of drug-likeness (QED) is 0.395. The third-order valence-corrected chi connectivity index (χ3v) is 5.26. The molecule has 0 aliphatic rings. The van der Waals surface area contributed by atoms with Crippen LogP contribution < -0.4 is 14.8 Å². The molecule has 0 saturated heterocycles. The van der Waals surface area contributed by atoms with E-state index in [0.29, 0.717) is 22.7 Å². The summed E-state index contributed by atoms with van der Waals surface area (Å²) in [6.07, 6.45) is -4.21. The van der Waals surface area contributed by atoms with Gasteiger partial charge in [-0.3, -0.25) is 4.79 Å². The van der Waals surface area contributed by atoms with Gasteiger partial charge in [-0.25, -0.2) is 14.4 Å². The lowest BCUT2D eigenvalue weighted by Crippen LogP contribution is -2.48. The number of anilines is 1. The fraction of sp³-hybridized carbons (Fsp3) is 0.185. The van der Waals surface area contributed by atoms with Crippen LogP contribution in [0.25, 0.3) is 0 Å². The minimum Gasteiger partial charge on any atom is -0.497 e. The van der Waals surface area contributed by atoms with Crippen LogP contribution in [0.1, 0.15) is 26.3 Å². The molecule has 3 aromatic rings. The van der Waals surface area contributed by atoms with Crippen molar-refractivity contribution in [3.8, 4) is 11.5 Å². The number of esters is 2. The topological polar surface area (TPSA) is 137 Å². The number of rotatable bonds is 10. The van der Waals surface area contributed by atoms with Gasteiger partial charge >= 0.3 is 17.9 Å². The number of para-hydroxylation sites is 1. The highest BCUT2D eigenvalue weighted by Crippen LogP contribution is 2.20. The van der Waals surface area contributed by atoms with Gasteiger partial charge in [-0.15, -0.1) is 0 Å². The standard InChI is InChI=1S/C27H25NO9/c1-16-8-4-5-13-21(16)28-24(29)22(36-26(32)17-9-6-11-19(14-17)34-2)23(25(30)31)37-27(33)18-10-7-12-20(15-18)35-3/h4-15,22-23H,1-3H3,(H,28,29)(H,30,31)/t22-,23+/m0/s1. The number of carbonyl (C=O) groups is 4. The molecule has 3 aromatic carbocycles. The summed E-state index contributed by atoms with van der Waals surface area (Å²) in [6.45, 7) is 1.73. The summed E-state index contributed by atoms with van der Waals surface area (Å²) in [4.78, 5) is 51.1. The molecule has 0 fully saturated rings. The number of nitrogens with one attached hydrogen (secondary N) is 1. The highest BCUT2D eigenvalue weighted by molar-refractivity contribution is 6.02. The fourth-order valence-corrected chi connectivity index (χ4v) is 3.28. The monoisotopic (exact) mass is 507 g/mol. The lowest BCUT2D eigenvalue weighted by atomic mass is 10.1. The average Bonchev–Trinajstić information content (AvgIpc) is 2.91. The Hall–Kier alpha value is -4.86. The summed E-state index contributed by atoms with van der Waals surface area (Å²) in [5.41, 5.74) is 1.01. The van der Waals surface area contributed by atoms with E-state index in [1.165, 1.54) is 50.6 Å². The van der Waals surface area contributed by atoms with Gasteiger partial charge in [0.15, 0.2) is 0 Å². The smallest absolute Gasteiger partial charge is 0.349 e. The molecule has 0 spiro atoms.